The minimum Gasteiger partial charge on any atom is -0.392 e. The lowest BCUT2D eigenvalue weighted by Gasteiger charge is -2.17. The third-order valence-corrected chi connectivity index (χ3v) is 3.21. The van der Waals surface area contributed by atoms with Crippen molar-refractivity contribution in [1.82, 2.24) is 0 Å². The van der Waals surface area contributed by atoms with Crippen LogP contribution in [0.25, 0.3) is 0 Å². The molecule has 1 aromatic rings. The summed E-state index contributed by atoms with van der Waals surface area (Å²) in [6.45, 7) is 0.0266. The van der Waals surface area contributed by atoms with E-state index in [0.717, 1.165) is 22.4 Å². The van der Waals surface area contributed by atoms with Crippen LogP contribution < -0.4 is 0 Å². The van der Waals surface area contributed by atoms with Gasteiger partial charge in [-0.3, -0.25) is 14.8 Å². The van der Waals surface area contributed by atoms with Gasteiger partial charge in [-0.1, -0.05) is 24.3 Å². The molecule has 0 spiro atoms. The van der Waals surface area contributed by atoms with E-state index in [2.05, 4.69) is 9.98 Å². The standard InChI is InChI=1S/C14H12N2O2/c17-8-9-1-3-10(4-2-9)13-14-11(5-6-15-14)12(18)7-16-13/h1-4,6-7,13,17H,5,8H2. The maximum Gasteiger partial charge on any atom is 0.201 e. The first-order chi connectivity index (χ1) is 8.79. The Labute approximate surface area is 104 Å². The highest BCUT2D eigenvalue weighted by molar-refractivity contribution is 6.37. The van der Waals surface area contributed by atoms with Gasteiger partial charge in [-0.25, -0.2) is 0 Å². The van der Waals surface area contributed by atoms with Crippen molar-refractivity contribution in [3.8, 4) is 0 Å². The van der Waals surface area contributed by atoms with Gasteiger partial charge in [-0.2, -0.15) is 0 Å². The minimum atomic E-state index is -0.191. The molecule has 1 aromatic carbocycles. The van der Waals surface area contributed by atoms with Gasteiger partial charge in [-0.05, 0) is 11.1 Å². The fourth-order valence-corrected chi connectivity index (χ4v) is 2.22. The van der Waals surface area contributed by atoms with Crippen molar-refractivity contribution in [3.63, 3.8) is 0 Å². The number of allylic oxidation sites excluding steroid dienone is 1. The number of Topliss-reactive ketones (excluding diaryl/α,β-unsaturated/α-hetero) is 1. The molecule has 0 radical (unpaired) electrons. The first-order valence-corrected chi connectivity index (χ1v) is 5.82. The van der Waals surface area contributed by atoms with Gasteiger partial charge < -0.3 is 5.11 Å². The number of ketones is 1. The molecule has 4 heteroatoms. The Morgan fingerprint density at radius 3 is 2.78 bits per heavy atom. The van der Waals surface area contributed by atoms with Crippen molar-refractivity contribution < 1.29 is 9.90 Å². The zero-order chi connectivity index (χ0) is 12.5. The molecule has 1 unspecified atom stereocenters. The zero-order valence-electron chi connectivity index (χ0n) is 9.71. The molecule has 1 N–H and O–H groups in total. The summed E-state index contributed by atoms with van der Waals surface area (Å²) < 4.78 is 0. The second-order valence-corrected chi connectivity index (χ2v) is 4.32. The van der Waals surface area contributed by atoms with Gasteiger partial charge in [0.05, 0.1) is 18.5 Å². The van der Waals surface area contributed by atoms with Crippen LogP contribution in [-0.2, 0) is 11.4 Å². The second kappa shape index (κ2) is 4.31. The van der Waals surface area contributed by atoms with Crippen molar-refractivity contribution in [2.75, 3.05) is 0 Å². The third kappa shape index (κ3) is 1.71. The van der Waals surface area contributed by atoms with E-state index in [9.17, 15) is 4.79 Å². The fourth-order valence-electron chi connectivity index (χ4n) is 2.22. The molecular weight excluding hydrogens is 228 g/mol. The lowest BCUT2D eigenvalue weighted by atomic mass is 9.96. The summed E-state index contributed by atoms with van der Waals surface area (Å²) in [4.78, 5) is 20.2. The van der Waals surface area contributed by atoms with E-state index in [1.54, 1.807) is 6.21 Å². The molecule has 2 aliphatic rings. The number of carbonyl (C=O) groups is 1. The Kier molecular flexibility index (Phi) is 2.64. The maximum absolute atomic E-state index is 11.6. The molecule has 2 heterocycles. The summed E-state index contributed by atoms with van der Waals surface area (Å²) in [5, 5.41) is 9.02. The third-order valence-electron chi connectivity index (χ3n) is 3.21. The van der Waals surface area contributed by atoms with Crippen LogP contribution in [0.15, 0.2) is 45.5 Å². The number of carbonyl (C=O) groups excluding carboxylic acids is 1. The number of rotatable bonds is 2. The van der Waals surface area contributed by atoms with Crippen molar-refractivity contribution in [2.45, 2.75) is 19.1 Å². The quantitative estimate of drug-likeness (QED) is 0.853. The summed E-state index contributed by atoms with van der Waals surface area (Å²) in [5.74, 6) is -0.0364. The van der Waals surface area contributed by atoms with Crippen LogP contribution in [0.5, 0.6) is 0 Å². The van der Waals surface area contributed by atoms with Crippen molar-refractivity contribution in [3.05, 3.63) is 46.7 Å². The Bertz CT molecular complexity index is 582. The van der Waals surface area contributed by atoms with Crippen LogP contribution in [0.2, 0.25) is 0 Å². The number of aliphatic imine (C=N–C) groups is 2. The molecule has 0 fully saturated rings. The molecule has 0 saturated heterocycles. The molecule has 0 aliphatic carbocycles. The van der Waals surface area contributed by atoms with Gasteiger partial charge in [0, 0.05) is 18.2 Å². The summed E-state index contributed by atoms with van der Waals surface area (Å²) in [7, 11) is 0. The van der Waals surface area contributed by atoms with Crippen LogP contribution in [0.1, 0.15) is 23.6 Å². The summed E-state index contributed by atoms with van der Waals surface area (Å²) in [6, 6.07) is 7.37. The van der Waals surface area contributed by atoms with Gasteiger partial charge in [0.2, 0.25) is 5.78 Å². The summed E-state index contributed by atoms with van der Waals surface area (Å²) in [6.07, 6.45) is 3.75. The number of nitrogens with zero attached hydrogens (tertiary/aromatic N) is 2. The topological polar surface area (TPSA) is 62.0 Å². The lowest BCUT2D eigenvalue weighted by Crippen LogP contribution is -2.14. The Morgan fingerprint density at radius 2 is 2.06 bits per heavy atom. The number of dihydropyridines is 1. The second-order valence-electron chi connectivity index (χ2n) is 4.32. The minimum absolute atomic E-state index is 0.0266. The van der Waals surface area contributed by atoms with Gasteiger partial charge in [0.25, 0.3) is 0 Å². The SMILES string of the molecule is O=C1C=NC(c2ccc(CO)cc2)C2=C1CC=N2. The van der Waals surface area contributed by atoms with E-state index < -0.39 is 0 Å². The Balaban J connectivity index is 1.98. The fraction of sp³-hybridized carbons (Fsp3) is 0.214. The van der Waals surface area contributed by atoms with E-state index in [1.807, 2.05) is 24.3 Å². The van der Waals surface area contributed by atoms with Crippen LogP contribution in [0.3, 0.4) is 0 Å². The van der Waals surface area contributed by atoms with E-state index in [0.29, 0.717) is 6.42 Å². The molecule has 1 atom stereocenters. The summed E-state index contributed by atoms with van der Waals surface area (Å²) >= 11 is 0. The Hall–Kier alpha value is -2.07. The van der Waals surface area contributed by atoms with Gasteiger partial charge in [0.1, 0.15) is 6.04 Å². The van der Waals surface area contributed by atoms with Crippen LogP contribution >= 0.6 is 0 Å². The van der Waals surface area contributed by atoms with E-state index in [-0.39, 0.29) is 18.4 Å². The highest BCUT2D eigenvalue weighted by Gasteiger charge is 2.28. The van der Waals surface area contributed by atoms with Crippen LogP contribution in [-0.4, -0.2) is 23.3 Å². The van der Waals surface area contributed by atoms with Crippen molar-refractivity contribution in [2.24, 2.45) is 9.98 Å². The van der Waals surface area contributed by atoms with Crippen LogP contribution in [0.4, 0.5) is 0 Å². The summed E-state index contributed by atoms with van der Waals surface area (Å²) in [5.41, 5.74) is 3.36. The monoisotopic (exact) mass is 240 g/mol. The number of aliphatic hydroxyl groups excluding tert-OH is 1. The maximum atomic E-state index is 11.6. The van der Waals surface area contributed by atoms with Gasteiger partial charge in [-0.15, -0.1) is 0 Å². The van der Waals surface area contributed by atoms with E-state index in [1.165, 1.54) is 6.21 Å². The predicted octanol–water partition coefficient (Wildman–Crippen LogP) is 1.60. The molecule has 3 rings (SSSR count). The molecule has 0 bridgehead atoms. The van der Waals surface area contributed by atoms with E-state index in [4.69, 9.17) is 5.11 Å². The zero-order valence-corrected chi connectivity index (χ0v) is 9.71. The van der Waals surface area contributed by atoms with Crippen LogP contribution in [0, 0.1) is 0 Å². The highest BCUT2D eigenvalue weighted by Crippen LogP contribution is 2.35. The molecule has 0 saturated carbocycles. The molecule has 2 aliphatic heterocycles. The molecule has 0 amide bonds. The number of hydrogen-bond acceptors (Lipinski definition) is 4. The number of aliphatic hydroxyl groups is 1. The largest absolute Gasteiger partial charge is 0.392 e. The van der Waals surface area contributed by atoms with Crippen molar-refractivity contribution >= 4 is 18.2 Å². The molecule has 0 aromatic heterocycles. The lowest BCUT2D eigenvalue weighted by molar-refractivity contribution is -0.109. The Morgan fingerprint density at radius 1 is 1.28 bits per heavy atom. The average Bonchev–Trinajstić information content (AvgIpc) is 2.90. The molecule has 90 valence electrons. The normalized spacial score (nSPS) is 21.6. The molecular formula is C14H12N2O2. The first-order valence-electron chi connectivity index (χ1n) is 5.82. The molecule has 4 nitrogen and oxygen atoms in total. The highest BCUT2D eigenvalue weighted by atomic mass is 16.3. The smallest absolute Gasteiger partial charge is 0.201 e. The van der Waals surface area contributed by atoms with E-state index >= 15 is 0 Å². The first kappa shape index (κ1) is 11.0. The average molecular weight is 240 g/mol. The van der Waals surface area contributed by atoms with Crippen molar-refractivity contribution in [1.29, 1.82) is 0 Å². The molecule has 18 heavy (non-hydrogen) atoms. The van der Waals surface area contributed by atoms with Gasteiger partial charge in [0.15, 0.2) is 0 Å². The number of benzene rings is 1. The predicted molar refractivity (Wildman–Crippen MR) is 68.7 cm³/mol. The van der Waals surface area contributed by atoms with Gasteiger partial charge >= 0.3 is 0 Å². The number of hydrogen-bond donors (Lipinski definition) is 1.